The van der Waals surface area contributed by atoms with E-state index in [1.54, 1.807) is 0 Å². The molecule has 0 aliphatic heterocycles. The van der Waals surface area contributed by atoms with E-state index in [0.29, 0.717) is 11.5 Å². The predicted molar refractivity (Wildman–Crippen MR) is 88.6 cm³/mol. The van der Waals surface area contributed by atoms with Gasteiger partial charge in [0.25, 0.3) is 0 Å². The predicted octanol–water partition coefficient (Wildman–Crippen LogP) is 4.22. The summed E-state index contributed by atoms with van der Waals surface area (Å²) in [6, 6.07) is 0.515. The Balaban J connectivity index is 1.28. The second kappa shape index (κ2) is 6.05. The van der Waals surface area contributed by atoms with Gasteiger partial charge in [0.05, 0.1) is 0 Å². The van der Waals surface area contributed by atoms with Crippen LogP contribution in [0.2, 0.25) is 0 Å². The van der Waals surface area contributed by atoms with Crippen LogP contribution in [0.1, 0.15) is 77.0 Å². The van der Waals surface area contributed by atoms with Gasteiger partial charge < -0.3 is 10.6 Å². The molecule has 0 aromatic heterocycles. The lowest BCUT2D eigenvalue weighted by molar-refractivity contribution is -0.0498. The van der Waals surface area contributed by atoms with E-state index in [1.807, 2.05) is 0 Å². The lowest BCUT2D eigenvalue weighted by Gasteiger charge is -2.56. The summed E-state index contributed by atoms with van der Waals surface area (Å²) in [7, 11) is 0. The van der Waals surface area contributed by atoms with Gasteiger partial charge in [-0.15, -0.1) is 0 Å². The summed E-state index contributed by atoms with van der Waals surface area (Å²) in [5.41, 5.74) is 0.454. The second-order valence-corrected chi connectivity index (χ2v) is 8.93. The molecule has 0 radical (unpaired) electrons. The standard InChI is InChI=1S/C19H32N2O/c22-18(21-17-5-3-1-2-4-6-17)20-13-19-10-14-7-15(11-19)9-16(8-14)12-19/h14-17H,1-13H2,(H2,20,21,22). The van der Waals surface area contributed by atoms with Crippen LogP contribution in [0.15, 0.2) is 0 Å². The van der Waals surface area contributed by atoms with E-state index >= 15 is 0 Å². The van der Waals surface area contributed by atoms with E-state index in [0.717, 1.165) is 24.3 Å². The smallest absolute Gasteiger partial charge is 0.315 e. The van der Waals surface area contributed by atoms with Crippen LogP contribution in [-0.4, -0.2) is 18.6 Å². The molecule has 5 saturated carbocycles. The maximum atomic E-state index is 12.3. The number of amides is 2. The van der Waals surface area contributed by atoms with E-state index in [1.165, 1.54) is 77.0 Å². The molecule has 0 aromatic rings. The summed E-state index contributed by atoms with van der Waals surface area (Å²) in [4.78, 5) is 12.3. The molecule has 0 aromatic carbocycles. The zero-order valence-corrected chi connectivity index (χ0v) is 13.9. The molecule has 0 saturated heterocycles. The van der Waals surface area contributed by atoms with E-state index in [9.17, 15) is 4.79 Å². The number of hydrogen-bond donors (Lipinski definition) is 2. The number of urea groups is 1. The minimum absolute atomic E-state index is 0.0997. The normalized spacial score (nSPS) is 41.2. The molecule has 5 fully saturated rings. The van der Waals surface area contributed by atoms with Crippen molar-refractivity contribution in [2.45, 2.75) is 83.1 Å². The maximum Gasteiger partial charge on any atom is 0.315 e. The van der Waals surface area contributed by atoms with Crippen LogP contribution in [0.3, 0.4) is 0 Å². The number of rotatable bonds is 3. The van der Waals surface area contributed by atoms with E-state index in [-0.39, 0.29) is 6.03 Å². The molecule has 5 rings (SSSR count). The van der Waals surface area contributed by atoms with Gasteiger partial charge in [-0.3, -0.25) is 0 Å². The molecule has 0 spiro atoms. The zero-order chi connectivity index (χ0) is 15.0. The van der Waals surface area contributed by atoms with Crippen LogP contribution >= 0.6 is 0 Å². The van der Waals surface area contributed by atoms with Crippen molar-refractivity contribution in [3.05, 3.63) is 0 Å². The highest BCUT2D eigenvalue weighted by Crippen LogP contribution is 2.59. The Morgan fingerprint density at radius 3 is 1.95 bits per heavy atom. The number of hydrogen-bond acceptors (Lipinski definition) is 1. The molecule has 3 heteroatoms. The van der Waals surface area contributed by atoms with Crippen molar-refractivity contribution in [2.75, 3.05) is 6.54 Å². The van der Waals surface area contributed by atoms with Crippen molar-refractivity contribution in [1.29, 1.82) is 0 Å². The summed E-state index contributed by atoms with van der Waals surface area (Å²) in [6.45, 7) is 0.926. The van der Waals surface area contributed by atoms with E-state index in [2.05, 4.69) is 10.6 Å². The minimum Gasteiger partial charge on any atom is -0.338 e. The molecule has 4 bridgehead atoms. The van der Waals surface area contributed by atoms with Crippen LogP contribution in [0.5, 0.6) is 0 Å². The average Bonchev–Trinajstić information content (AvgIpc) is 2.72. The lowest BCUT2D eigenvalue weighted by atomic mass is 9.49. The van der Waals surface area contributed by atoms with Crippen molar-refractivity contribution in [3.8, 4) is 0 Å². The minimum atomic E-state index is 0.0997. The SMILES string of the molecule is O=C(NCC12CC3CC(CC(C3)C1)C2)NC1CCCCCC1. The number of nitrogens with one attached hydrogen (secondary N) is 2. The summed E-state index contributed by atoms with van der Waals surface area (Å²) in [5, 5.41) is 6.50. The van der Waals surface area contributed by atoms with Gasteiger partial charge in [-0.1, -0.05) is 25.7 Å². The van der Waals surface area contributed by atoms with Crippen LogP contribution < -0.4 is 10.6 Å². The first-order chi connectivity index (χ1) is 10.7. The van der Waals surface area contributed by atoms with Crippen molar-refractivity contribution in [3.63, 3.8) is 0 Å². The maximum absolute atomic E-state index is 12.3. The Labute approximate surface area is 135 Å². The fourth-order valence-corrected chi connectivity index (χ4v) is 6.43. The van der Waals surface area contributed by atoms with Gasteiger partial charge in [-0.2, -0.15) is 0 Å². The van der Waals surface area contributed by atoms with Crippen LogP contribution in [0, 0.1) is 23.2 Å². The van der Waals surface area contributed by atoms with Gasteiger partial charge in [0.15, 0.2) is 0 Å². The second-order valence-electron chi connectivity index (χ2n) is 8.93. The summed E-state index contributed by atoms with van der Waals surface area (Å²) in [6.07, 6.45) is 16.2. The highest BCUT2D eigenvalue weighted by Gasteiger charge is 2.50. The van der Waals surface area contributed by atoms with Crippen molar-refractivity contribution >= 4 is 6.03 Å². The molecule has 2 N–H and O–H groups in total. The van der Waals surface area contributed by atoms with Gasteiger partial charge in [0.2, 0.25) is 0 Å². The lowest BCUT2D eigenvalue weighted by Crippen LogP contribution is -2.53. The largest absolute Gasteiger partial charge is 0.338 e. The zero-order valence-electron chi connectivity index (χ0n) is 13.9. The van der Waals surface area contributed by atoms with Crippen molar-refractivity contribution in [1.82, 2.24) is 10.6 Å². The van der Waals surface area contributed by atoms with Crippen LogP contribution in [0.25, 0.3) is 0 Å². The van der Waals surface area contributed by atoms with E-state index < -0.39 is 0 Å². The molecule has 5 aliphatic rings. The molecule has 2 amide bonds. The first-order valence-electron chi connectivity index (χ1n) is 9.75. The highest BCUT2D eigenvalue weighted by molar-refractivity contribution is 5.74. The molecule has 5 aliphatic carbocycles. The van der Waals surface area contributed by atoms with Crippen LogP contribution in [0.4, 0.5) is 4.79 Å². The monoisotopic (exact) mass is 304 g/mol. The number of carbonyl (C=O) groups is 1. The van der Waals surface area contributed by atoms with Gasteiger partial charge >= 0.3 is 6.03 Å². The molecular weight excluding hydrogens is 272 g/mol. The first kappa shape index (κ1) is 14.8. The third-order valence-corrected chi connectivity index (χ3v) is 6.98. The van der Waals surface area contributed by atoms with Crippen molar-refractivity contribution in [2.24, 2.45) is 23.2 Å². The fraction of sp³-hybridized carbons (Fsp3) is 0.947. The van der Waals surface area contributed by atoms with Gasteiger partial charge in [-0.05, 0) is 74.5 Å². The quantitative estimate of drug-likeness (QED) is 0.753. The third-order valence-electron chi connectivity index (χ3n) is 6.98. The highest BCUT2D eigenvalue weighted by atomic mass is 16.2. The van der Waals surface area contributed by atoms with Crippen molar-refractivity contribution < 1.29 is 4.79 Å². The molecule has 3 nitrogen and oxygen atoms in total. The fourth-order valence-electron chi connectivity index (χ4n) is 6.43. The van der Waals surface area contributed by atoms with Crippen LogP contribution in [-0.2, 0) is 0 Å². The molecule has 22 heavy (non-hydrogen) atoms. The Kier molecular flexibility index (Phi) is 4.08. The summed E-state index contributed by atoms with van der Waals surface area (Å²) in [5.74, 6) is 2.91. The Morgan fingerprint density at radius 1 is 0.864 bits per heavy atom. The Bertz CT molecular complexity index is 376. The molecule has 0 unspecified atom stereocenters. The Hall–Kier alpha value is -0.730. The molecule has 124 valence electrons. The summed E-state index contributed by atoms with van der Waals surface area (Å²) < 4.78 is 0. The van der Waals surface area contributed by atoms with Gasteiger partial charge in [0.1, 0.15) is 0 Å². The molecule has 0 heterocycles. The summed E-state index contributed by atoms with van der Waals surface area (Å²) >= 11 is 0. The third kappa shape index (κ3) is 3.14. The molecule has 0 atom stereocenters. The molecular formula is C19H32N2O. The van der Waals surface area contributed by atoms with Gasteiger partial charge in [0, 0.05) is 12.6 Å². The first-order valence-corrected chi connectivity index (χ1v) is 9.75. The van der Waals surface area contributed by atoms with Gasteiger partial charge in [-0.25, -0.2) is 4.79 Å². The average molecular weight is 304 g/mol. The Morgan fingerprint density at radius 2 is 1.41 bits per heavy atom. The van der Waals surface area contributed by atoms with E-state index in [4.69, 9.17) is 0 Å². The topological polar surface area (TPSA) is 41.1 Å². The number of carbonyl (C=O) groups excluding carboxylic acids is 1.